The van der Waals surface area contributed by atoms with Crippen molar-refractivity contribution < 1.29 is 0 Å². The zero-order valence-corrected chi connectivity index (χ0v) is 10.2. The summed E-state index contributed by atoms with van der Waals surface area (Å²) in [5.74, 6) is 0.450. The fraction of sp³-hybridized carbons (Fsp3) is 0.250. The van der Waals surface area contributed by atoms with E-state index in [-0.39, 0.29) is 5.28 Å². The summed E-state index contributed by atoms with van der Waals surface area (Å²) in [5.41, 5.74) is 0. The number of hydrogen-bond acceptors (Lipinski definition) is 6. The maximum absolute atomic E-state index is 5.76. The van der Waals surface area contributed by atoms with Gasteiger partial charge < -0.3 is 5.32 Å². The molecule has 0 unspecified atom stereocenters. The van der Waals surface area contributed by atoms with E-state index >= 15 is 0 Å². The summed E-state index contributed by atoms with van der Waals surface area (Å²) in [6.45, 7) is 0. The molecule has 8 heteroatoms. The molecule has 0 bridgehead atoms. The summed E-state index contributed by atoms with van der Waals surface area (Å²) in [5, 5.41) is 7.58. The first-order valence-electron chi connectivity index (χ1n) is 4.43. The predicted molar refractivity (Wildman–Crippen MR) is 61.7 cm³/mol. The summed E-state index contributed by atoms with van der Waals surface area (Å²) in [7, 11) is 3.58. The van der Waals surface area contributed by atoms with Crippen molar-refractivity contribution in [3.8, 4) is 0 Å². The smallest absolute Gasteiger partial charge is 0.228 e. The second-order valence-electron chi connectivity index (χ2n) is 2.91. The molecule has 2 aromatic heterocycles. The molecule has 6 nitrogen and oxygen atoms in total. The SMILES string of the molecule is CNc1nc(Cl)nc(Sc2cnn(C)c2)n1. The lowest BCUT2D eigenvalue weighted by Crippen LogP contribution is -1.99. The third-order valence-corrected chi connectivity index (χ3v) is 2.68. The van der Waals surface area contributed by atoms with Crippen molar-refractivity contribution in [2.75, 3.05) is 12.4 Å². The van der Waals surface area contributed by atoms with Crippen LogP contribution in [0.15, 0.2) is 22.4 Å². The van der Waals surface area contributed by atoms with E-state index in [1.54, 1.807) is 17.9 Å². The van der Waals surface area contributed by atoms with Gasteiger partial charge in [0.05, 0.1) is 11.1 Å². The zero-order valence-electron chi connectivity index (χ0n) is 8.68. The minimum atomic E-state index is 0.172. The van der Waals surface area contributed by atoms with Gasteiger partial charge in [0.2, 0.25) is 11.2 Å². The van der Waals surface area contributed by atoms with Gasteiger partial charge in [-0.1, -0.05) is 0 Å². The summed E-state index contributed by atoms with van der Waals surface area (Å²) in [6, 6.07) is 0. The van der Waals surface area contributed by atoms with Gasteiger partial charge in [-0.25, -0.2) is 0 Å². The van der Waals surface area contributed by atoms with E-state index in [9.17, 15) is 0 Å². The van der Waals surface area contributed by atoms with Gasteiger partial charge in [0, 0.05) is 20.3 Å². The highest BCUT2D eigenvalue weighted by atomic mass is 35.5. The standard InChI is InChI=1S/C8H9ClN6S/c1-10-7-12-6(9)13-8(14-7)16-5-3-11-15(2)4-5/h3-4H,1-2H3,(H,10,12,13,14). The molecule has 0 saturated carbocycles. The Labute approximate surface area is 101 Å². The van der Waals surface area contributed by atoms with E-state index in [0.29, 0.717) is 11.1 Å². The Morgan fingerprint density at radius 2 is 2.19 bits per heavy atom. The highest BCUT2D eigenvalue weighted by Crippen LogP contribution is 2.24. The monoisotopic (exact) mass is 256 g/mol. The van der Waals surface area contributed by atoms with Crippen molar-refractivity contribution in [3.63, 3.8) is 0 Å². The average Bonchev–Trinajstić information content (AvgIpc) is 2.63. The Kier molecular flexibility index (Phi) is 3.25. The van der Waals surface area contributed by atoms with Crippen LogP contribution in [0.4, 0.5) is 5.95 Å². The molecule has 0 aliphatic heterocycles. The van der Waals surface area contributed by atoms with Crippen molar-refractivity contribution in [2.24, 2.45) is 7.05 Å². The second-order valence-corrected chi connectivity index (χ2v) is 4.29. The van der Waals surface area contributed by atoms with Gasteiger partial charge in [0.15, 0.2) is 5.16 Å². The largest absolute Gasteiger partial charge is 0.357 e. The highest BCUT2D eigenvalue weighted by Gasteiger charge is 2.06. The molecule has 2 rings (SSSR count). The van der Waals surface area contributed by atoms with Crippen LogP contribution in [0.3, 0.4) is 0 Å². The van der Waals surface area contributed by atoms with Gasteiger partial charge in [0.1, 0.15) is 0 Å². The van der Waals surface area contributed by atoms with E-state index in [0.717, 1.165) is 4.90 Å². The molecule has 0 saturated heterocycles. The quantitative estimate of drug-likeness (QED) is 0.897. The van der Waals surface area contributed by atoms with Crippen LogP contribution in [0.25, 0.3) is 0 Å². The summed E-state index contributed by atoms with van der Waals surface area (Å²) < 4.78 is 1.71. The number of aryl methyl sites for hydroxylation is 1. The molecule has 2 aromatic rings. The van der Waals surface area contributed by atoms with Crippen molar-refractivity contribution in [3.05, 3.63) is 17.7 Å². The zero-order chi connectivity index (χ0) is 11.5. The van der Waals surface area contributed by atoms with Crippen molar-refractivity contribution in [1.82, 2.24) is 24.7 Å². The van der Waals surface area contributed by atoms with Crippen LogP contribution in [-0.2, 0) is 7.05 Å². The number of nitrogens with zero attached hydrogens (tertiary/aromatic N) is 5. The van der Waals surface area contributed by atoms with E-state index < -0.39 is 0 Å². The maximum Gasteiger partial charge on any atom is 0.228 e. The molecule has 0 aromatic carbocycles. The van der Waals surface area contributed by atoms with Crippen LogP contribution >= 0.6 is 23.4 Å². The average molecular weight is 257 g/mol. The van der Waals surface area contributed by atoms with Crippen LogP contribution in [0, 0.1) is 0 Å². The lowest BCUT2D eigenvalue weighted by Gasteiger charge is -2.01. The minimum Gasteiger partial charge on any atom is -0.357 e. The first-order valence-corrected chi connectivity index (χ1v) is 5.62. The van der Waals surface area contributed by atoms with Crippen LogP contribution in [0.2, 0.25) is 5.28 Å². The van der Waals surface area contributed by atoms with Crippen LogP contribution < -0.4 is 5.32 Å². The predicted octanol–water partition coefficient (Wildman–Crippen LogP) is 1.45. The lowest BCUT2D eigenvalue weighted by atomic mass is 10.7. The van der Waals surface area contributed by atoms with Crippen molar-refractivity contribution in [2.45, 2.75) is 10.1 Å². The molecular formula is C8H9ClN6S. The Morgan fingerprint density at radius 1 is 1.38 bits per heavy atom. The van der Waals surface area contributed by atoms with Gasteiger partial charge in [-0.2, -0.15) is 20.1 Å². The number of nitrogens with one attached hydrogen (secondary N) is 1. The summed E-state index contributed by atoms with van der Waals surface area (Å²) in [4.78, 5) is 13.0. The Hall–Kier alpha value is -1.34. The van der Waals surface area contributed by atoms with Crippen LogP contribution in [-0.4, -0.2) is 31.8 Å². The first-order chi connectivity index (χ1) is 7.67. The van der Waals surface area contributed by atoms with E-state index in [2.05, 4.69) is 25.4 Å². The Bertz CT molecular complexity index is 499. The van der Waals surface area contributed by atoms with Crippen molar-refractivity contribution in [1.29, 1.82) is 0 Å². The minimum absolute atomic E-state index is 0.172. The third kappa shape index (κ3) is 2.61. The molecule has 0 aliphatic carbocycles. The Morgan fingerprint density at radius 3 is 2.81 bits per heavy atom. The number of hydrogen-bond donors (Lipinski definition) is 1. The van der Waals surface area contributed by atoms with Gasteiger partial charge in [-0.3, -0.25) is 4.68 Å². The molecule has 0 radical (unpaired) electrons. The molecule has 1 N–H and O–H groups in total. The van der Waals surface area contributed by atoms with Gasteiger partial charge >= 0.3 is 0 Å². The molecular weight excluding hydrogens is 248 g/mol. The number of rotatable bonds is 3. The molecule has 16 heavy (non-hydrogen) atoms. The molecule has 0 spiro atoms. The maximum atomic E-state index is 5.76. The molecule has 0 aliphatic rings. The number of aromatic nitrogens is 5. The fourth-order valence-corrected chi connectivity index (χ4v) is 2.04. The molecule has 2 heterocycles. The van der Waals surface area contributed by atoms with Crippen LogP contribution in [0.1, 0.15) is 0 Å². The molecule has 0 atom stereocenters. The van der Waals surface area contributed by atoms with Crippen LogP contribution in [0.5, 0.6) is 0 Å². The molecule has 0 fully saturated rings. The molecule has 84 valence electrons. The van der Waals surface area contributed by atoms with E-state index in [1.165, 1.54) is 11.8 Å². The number of anilines is 1. The number of halogens is 1. The van der Waals surface area contributed by atoms with E-state index in [4.69, 9.17) is 11.6 Å². The lowest BCUT2D eigenvalue weighted by molar-refractivity contribution is 0.766. The van der Waals surface area contributed by atoms with Gasteiger partial charge in [-0.05, 0) is 23.4 Å². The van der Waals surface area contributed by atoms with Gasteiger partial charge in [0.25, 0.3) is 0 Å². The van der Waals surface area contributed by atoms with E-state index in [1.807, 2.05) is 13.2 Å². The topological polar surface area (TPSA) is 68.5 Å². The third-order valence-electron chi connectivity index (χ3n) is 1.70. The first kappa shape index (κ1) is 11.2. The van der Waals surface area contributed by atoms with Crippen molar-refractivity contribution >= 4 is 29.3 Å². The highest BCUT2D eigenvalue weighted by molar-refractivity contribution is 7.99. The normalized spacial score (nSPS) is 10.4. The molecule has 0 amide bonds. The summed E-state index contributed by atoms with van der Waals surface area (Å²) >= 11 is 7.15. The second kappa shape index (κ2) is 4.67. The fourth-order valence-electron chi connectivity index (χ4n) is 1.05. The summed E-state index contributed by atoms with van der Waals surface area (Å²) in [6.07, 6.45) is 3.61. The Balaban J connectivity index is 2.24. The van der Waals surface area contributed by atoms with Gasteiger partial charge in [-0.15, -0.1) is 0 Å².